The molecule has 0 amide bonds. The van der Waals surface area contributed by atoms with E-state index in [0.29, 0.717) is 25.0 Å². The monoisotopic (exact) mass is 412 g/mol. The highest BCUT2D eigenvalue weighted by atomic mass is 19.4. The molecule has 29 heavy (non-hydrogen) atoms. The van der Waals surface area contributed by atoms with Gasteiger partial charge in [0.25, 0.3) is 0 Å². The van der Waals surface area contributed by atoms with Crippen LogP contribution in [0.1, 0.15) is 45.5 Å². The van der Waals surface area contributed by atoms with Gasteiger partial charge in [-0.1, -0.05) is 24.3 Å². The van der Waals surface area contributed by atoms with Crippen LogP contribution in [0.5, 0.6) is 0 Å². The summed E-state index contributed by atoms with van der Waals surface area (Å²) >= 11 is 0. The van der Waals surface area contributed by atoms with E-state index in [0.717, 1.165) is 0 Å². The molecule has 0 bridgehead atoms. The molecule has 1 aliphatic heterocycles. The lowest BCUT2D eigenvalue weighted by Crippen LogP contribution is -2.39. The van der Waals surface area contributed by atoms with E-state index in [4.69, 9.17) is 4.74 Å². The lowest BCUT2D eigenvalue weighted by atomic mass is 9.77. The molecule has 152 valence electrons. The van der Waals surface area contributed by atoms with Crippen LogP contribution >= 0.6 is 0 Å². The molecule has 0 radical (unpaired) electrons. The standard InChI is InChI=1S/C21H14F6O2/c22-20(23,24)13-8-12(9-14(10-13)21(25,26)27)17-11-19(6-3-7-29-19)18(28)16-5-2-1-4-15(16)17/h1-2,4-5,8-11H,3,6-7H2. The van der Waals surface area contributed by atoms with E-state index in [1.165, 1.54) is 18.2 Å². The Morgan fingerprint density at radius 1 is 0.862 bits per heavy atom. The van der Waals surface area contributed by atoms with Crippen molar-refractivity contribution in [1.82, 2.24) is 0 Å². The maximum atomic E-state index is 13.3. The quantitative estimate of drug-likeness (QED) is 0.545. The number of hydrogen-bond donors (Lipinski definition) is 0. The number of ketones is 1. The molecule has 2 aromatic rings. The fourth-order valence-electron chi connectivity index (χ4n) is 3.82. The fourth-order valence-corrected chi connectivity index (χ4v) is 3.82. The predicted octanol–water partition coefficient (Wildman–Crippen LogP) is 5.90. The molecule has 1 heterocycles. The molecule has 2 nitrogen and oxygen atoms in total. The van der Waals surface area contributed by atoms with E-state index in [9.17, 15) is 31.1 Å². The second-order valence-electron chi connectivity index (χ2n) is 7.07. The minimum Gasteiger partial charge on any atom is -0.363 e. The summed E-state index contributed by atoms with van der Waals surface area (Å²) in [5, 5.41) is 0. The number of benzene rings is 2. The average molecular weight is 412 g/mol. The minimum absolute atomic E-state index is 0.0891. The SMILES string of the molecule is O=C1c2ccccc2C(c2cc(C(F)(F)F)cc(C(F)(F)F)c2)=CC12CCCO2. The van der Waals surface area contributed by atoms with Crippen LogP contribution < -0.4 is 0 Å². The van der Waals surface area contributed by atoms with Gasteiger partial charge in [0.1, 0.15) is 5.60 Å². The summed E-state index contributed by atoms with van der Waals surface area (Å²) in [6, 6.07) is 7.63. The highest BCUT2D eigenvalue weighted by molar-refractivity contribution is 6.12. The molecule has 0 aromatic heterocycles. The van der Waals surface area contributed by atoms with Crippen molar-refractivity contribution in [3.05, 3.63) is 76.4 Å². The largest absolute Gasteiger partial charge is 0.416 e. The first kappa shape index (κ1) is 19.7. The van der Waals surface area contributed by atoms with Crippen molar-refractivity contribution < 1.29 is 35.9 Å². The number of alkyl halides is 6. The van der Waals surface area contributed by atoms with Gasteiger partial charge in [-0.2, -0.15) is 26.3 Å². The minimum atomic E-state index is -4.96. The Morgan fingerprint density at radius 2 is 1.45 bits per heavy atom. The predicted molar refractivity (Wildman–Crippen MR) is 92.2 cm³/mol. The number of hydrogen-bond acceptors (Lipinski definition) is 2. The van der Waals surface area contributed by atoms with Crippen LogP contribution in [-0.2, 0) is 17.1 Å². The molecular formula is C21H14F6O2. The Labute approximate surface area is 161 Å². The highest BCUT2D eigenvalue weighted by Gasteiger charge is 2.46. The van der Waals surface area contributed by atoms with Gasteiger partial charge in [-0.3, -0.25) is 4.79 Å². The van der Waals surface area contributed by atoms with Crippen LogP contribution in [0.15, 0.2) is 48.5 Å². The number of carbonyl (C=O) groups excluding carboxylic acids is 1. The van der Waals surface area contributed by atoms with Crippen LogP contribution in [-0.4, -0.2) is 18.0 Å². The summed E-state index contributed by atoms with van der Waals surface area (Å²) in [6.45, 7) is 0.286. The first-order valence-electron chi connectivity index (χ1n) is 8.82. The molecule has 1 aliphatic carbocycles. The van der Waals surface area contributed by atoms with Gasteiger partial charge in [0.2, 0.25) is 0 Å². The van der Waals surface area contributed by atoms with E-state index in [1.807, 2.05) is 0 Å². The number of carbonyl (C=O) groups is 1. The molecule has 1 unspecified atom stereocenters. The number of ether oxygens (including phenoxy) is 1. The number of rotatable bonds is 1. The summed E-state index contributed by atoms with van der Waals surface area (Å²) < 4.78 is 85.4. The second kappa shape index (κ2) is 6.45. The van der Waals surface area contributed by atoms with E-state index < -0.39 is 29.1 Å². The molecule has 2 aromatic carbocycles. The normalized spacial score (nSPS) is 22.0. The Hall–Kier alpha value is -2.61. The van der Waals surface area contributed by atoms with Crippen molar-refractivity contribution in [3.8, 4) is 0 Å². The third-order valence-corrected chi connectivity index (χ3v) is 5.17. The zero-order chi connectivity index (χ0) is 21.0. The first-order chi connectivity index (χ1) is 13.5. The summed E-state index contributed by atoms with van der Waals surface area (Å²) in [7, 11) is 0. The van der Waals surface area contributed by atoms with E-state index >= 15 is 0 Å². The van der Waals surface area contributed by atoms with Crippen LogP contribution in [0, 0.1) is 0 Å². The van der Waals surface area contributed by atoms with E-state index in [2.05, 4.69) is 0 Å². The third kappa shape index (κ3) is 3.35. The molecule has 0 N–H and O–H groups in total. The van der Waals surface area contributed by atoms with E-state index in [-0.39, 0.29) is 40.7 Å². The van der Waals surface area contributed by atoms with Gasteiger partial charge in [-0.05, 0) is 53.8 Å². The van der Waals surface area contributed by atoms with Crippen molar-refractivity contribution in [3.63, 3.8) is 0 Å². The van der Waals surface area contributed by atoms with Gasteiger partial charge in [-0.15, -0.1) is 0 Å². The number of fused-ring (bicyclic) bond motifs is 1. The zero-order valence-electron chi connectivity index (χ0n) is 14.8. The van der Waals surface area contributed by atoms with Gasteiger partial charge >= 0.3 is 12.4 Å². The number of Topliss-reactive ketones (excluding diaryl/α,β-unsaturated/α-hetero) is 1. The molecule has 2 aliphatic rings. The summed E-state index contributed by atoms with van der Waals surface area (Å²) in [4.78, 5) is 12.9. The van der Waals surface area contributed by atoms with Gasteiger partial charge in [-0.25, -0.2) is 0 Å². The topological polar surface area (TPSA) is 26.3 Å². The fraction of sp³-hybridized carbons (Fsp3) is 0.286. The van der Waals surface area contributed by atoms with Crippen molar-refractivity contribution in [1.29, 1.82) is 0 Å². The van der Waals surface area contributed by atoms with Gasteiger partial charge in [0.05, 0.1) is 11.1 Å². The van der Waals surface area contributed by atoms with Crippen molar-refractivity contribution in [2.75, 3.05) is 6.61 Å². The van der Waals surface area contributed by atoms with Crippen molar-refractivity contribution in [2.45, 2.75) is 30.8 Å². The molecule has 0 saturated carbocycles. The maximum Gasteiger partial charge on any atom is 0.416 e. The van der Waals surface area contributed by atoms with Gasteiger partial charge < -0.3 is 4.74 Å². The third-order valence-electron chi connectivity index (χ3n) is 5.17. The smallest absolute Gasteiger partial charge is 0.363 e. The Kier molecular flexibility index (Phi) is 4.38. The molecule has 8 heteroatoms. The van der Waals surface area contributed by atoms with E-state index in [1.54, 1.807) is 12.1 Å². The molecule has 1 fully saturated rings. The lowest BCUT2D eigenvalue weighted by Gasteiger charge is -2.31. The van der Waals surface area contributed by atoms with Gasteiger partial charge in [0.15, 0.2) is 5.78 Å². The number of halogens is 6. The first-order valence-corrected chi connectivity index (χ1v) is 8.82. The average Bonchev–Trinajstić information content (AvgIpc) is 3.12. The molecule has 1 spiro atoms. The van der Waals surface area contributed by atoms with Crippen LogP contribution in [0.25, 0.3) is 5.57 Å². The summed E-state index contributed by atoms with van der Waals surface area (Å²) in [5.74, 6) is -0.336. The second-order valence-corrected chi connectivity index (χ2v) is 7.07. The lowest BCUT2D eigenvalue weighted by molar-refractivity contribution is -0.143. The van der Waals surface area contributed by atoms with Crippen LogP contribution in [0.4, 0.5) is 26.3 Å². The summed E-state index contributed by atoms with van der Waals surface area (Å²) in [5.41, 5.74) is -3.81. The maximum absolute atomic E-state index is 13.3. The molecular weight excluding hydrogens is 398 g/mol. The van der Waals surface area contributed by atoms with Crippen LogP contribution in [0.3, 0.4) is 0 Å². The van der Waals surface area contributed by atoms with Crippen molar-refractivity contribution in [2.24, 2.45) is 0 Å². The van der Waals surface area contributed by atoms with Crippen LogP contribution in [0.2, 0.25) is 0 Å². The zero-order valence-corrected chi connectivity index (χ0v) is 14.8. The highest BCUT2D eigenvalue weighted by Crippen LogP contribution is 2.44. The molecule has 1 saturated heterocycles. The van der Waals surface area contributed by atoms with Crippen molar-refractivity contribution >= 4 is 11.4 Å². The summed E-state index contributed by atoms with van der Waals surface area (Å²) in [6.07, 6.45) is -7.66. The molecule has 1 atom stereocenters. The Bertz CT molecular complexity index is 978. The Morgan fingerprint density at radius 3 is 1.97 bits per heavy atom. The molecule has 4 rings (SSSR count). The van der Waals surface area contributed by atoms with Gasteiger partial charge in [0, 0.05) is 12.2 Å². The Balaban J connectivity index is 1.98.